The zero-order chi connectivity index (χ0) is 16.1. The van der Waals surface area contributed by atoms with E-state index in [0.29, 0.717) is 11.4 Å². The van der Waals surface area contributed by atoms with E-state index in [4.69, 9.17) is 0 Å². The van der Waals surface area contributed by atoms with Crippen LogP contribution in [0.1, 0.15) is 20.1 Å². The van der Waals surface area contributed by atoms with Crippen LogP contribution in [0.15, 0.2) is 40.9 Å². The molecule has 1 N–H and O–H groups in total. The van der Waals surface area contributed by atoms with Crippen molar-refractivity contribution in [3.05, 3.63) is 56.2 Å². The highest BCUT2D eigenvalue weighted by molar-refractivity contribution is 9.10. The summed E-state index contributed by atoms with van der Waals surface area (Å²) in [5.74, 6) is -0.335. The monoisotopic (exact) mass is 380 g/mol. The molecule has 2 amide bonds. The van der Waals surface area contributed by atoms with Crippen molar-refractivity contribution in [3.63, 3.8) is 0 Å². The molecular weight excluding hydrogens is 364 g/mol. The van der Waals surface area contributed by atoms with Gasteiger partial charge in [-0.1, -0.05) is 34.1 Å². The van der Waals surface area contributed by atoms with Gasteiger partial charge in [-0.15, -0.1) is 11.3 Å². The molecule has 22 heavy (non-hydrogen) atoms. The SMILES string of the molecule is Cc1ccc(C(=O)NCC(=O)N(C)Cc2ccccc2Br)s1. The molecule has 0 aliphatic heterocycles. The summed E-state index contributed by atoms with van der Waals surface area (Å²) in [4.78, 5) is 27.3. The number of nitrogens with one attached hydrogen (secondary N) is 1. The Balaban J connectivity index is 1.86. The van der Waals surface area contributed by atoms with Crippen LogP contribution >= 0.6 is 27.3 Å². The third-order valence-electron chi connectivity index (χ3n) is 3.16. The quantitative estimate of drug-likeness (QED) is 0.865. The van der Waals surface area contributed by atoms with Gasteiger partial charge in [-0.25, -0.2) is 0 Å². The van der Waals surface area contributed by atoms with Crippen LogP contribution in [-0.4, -0.2) is 30.3 Å². The summed E-state index contributed by atoms with van der Waals surface area (Å²) in [7, 11) is 1.73. The summed E-state index contributed by atoms with van der Waals surface area (Å²) in [6.07, 6.45) is 0. The van der Waals surface area contributed by atoms with Crippen molar-refractivity contribution in [2.75, 3.05) is 13.6 Å². The zero-order valence-electron chi connectivity index (χ0n) is 12.4. The van der Waals surface area contributed by atoms with Crippen LogP contribution in [0, 0.1) is 6.92 Å². The fourth-order valence-electron chi connectivity index (χ4n) is 1.90. The van der Waals surface area contributed by atoms with E-state index in [9.17, 15) is 9.59 Å². The van der Waals surface area contributed by atoms with Gasteiger partial charge in [-0.2, -0.15) is 0 Å². The number of likely N-dealkylation sites (N-methyl/N-ethyl adjacent to an activating group) is 1. The second kappa shape index (κ2) is 7.56. The average Bonchev–Trinajstić information content (AvgIpc) is 2.93. The number of carbonyl (C=O) groups is 2. The van der Waals surface area contributed by atoms with E-state index in [-0.39, 0.29) is 18.4 Å². The molecule has 0 fully saturated rings. The topological polar surface area (TPSA) is 49.4 Å². The summed E-state index contributed by atoms with van der Waals surface area (Å²) < 4.78 is 0.966. The molecule has 1 aromatic carbocycles. The zero-order valence-corrected chi connectivity index (χ0v) is 14.8. The number of aryl methyl sites for hydroxylation is 1. The van der Waals surface area contributed by atoms with Crippen LogP contribution < -0.4 is 5.32 Å². The van der Waals surface area contributed by atoms with Crippen LogP contribution in [0.4, 0.5) is 0 Å². The second-order valence-corrected chi connectivity index (χ2v) is 7.08. The Morgan fingerprint density at radius 1 is 1.23 bits per heavy atom. The molecule has 0 saturated heterocycles. The number of halogens is 1. The van der Waals surface area contributed by atoms with Gasteiger partial charge < -0.3 is 10.2 Å². The van der Waals surface area contributed by atoms with E-state index in [1.54, 1.807) is 18.0 Å². The number of amides is 2. The smallest absolute Gasteiger partial charge is 0.261 e. The molecular formula is C16H17BrN2O2S. The second-order valence-electron chi connectivity index (χ2n) is 4.93. The van der Waals surface area contributed by atoms with Gasteiger partial charge in [0.15, 0.2) is 0 Å². The molecule has 2 aromatic rings. The molecule has 0 bridgehead atoms. The number of rotatable bonds is 5. The predicted molar refractivity (Wildman–Crippen MR) is 92.0 cm³/mol. The van der Waals surface area contributed by atoms with Gasteiger partial charge in [0.1, 0.15) is 0 Å². The third kappa shape index (κ3) is 4.42. The van der Waals surface area contributed by atoms with Crippen molar-refractivity contribution in [2.45, 2.75) is 13.5 Å². The molecule has 0 spiro atoms. The van der Waals surface area contributed by atoms with Crippen LogP contribution in [0.3, 0.4) is 0 Å². The molecule has 0 aliphatic rings. The molecule has 116 valence electrons. The molecule has 1 aromatic heterocycles. The number of nitrogens with zero attached hydrogens (tertiary/aromatic N) is 1. The summed E-state index contributed by atoms with van der Waals surface area (Å²) in [6, 6.07) is 11.4. The maximum absolute atomic E-state index is 12.1. The predicted octanol–water partition coefficient (Wildman–Crippen LogP) is 3.21. The van der Waals surface area contributed by atoms with Crippen molar-refractivity contribution < 1.29 is 9.59 Å². The molecule has 6 heteroatoms. The van der Waals surface area contributed by atoms with Crippen LogP contribution in [0.25, 0.3) is 0 Å². The Labute approximate surface area is 142 Å². The first-order chi connectivity index (χ1) is 10.5. The lowest BCUT2D eigenvalue weighted by atomic mass is 10.2. The Bertz CT molecular complexity index is 684. The first-order valence-electron chi connectivity index (χ1n) is 6.79. The highest BCUT2D eigenvalue weighted by Crippen LogP contribution is 2.17. The maximum atomic E-state index is 12.1. The molecule has 2 rings (SSSR count). The fraction of sp³-hybridized carbons (Fsp3) is 0.250. The Morgan fingerprint density at radius 3 is 2.59 bits per heavy atom. The fourth-order valence-corrected chi connectivity index (χ4v) is 3.10. The van der Waals surface area contributed by atoms with Gasteiger partial charge in [0, 0.05) is 22.9 Å². The molecule has 1 heterocycles. The van der Waals surface area contributed by atoms with Crippen LogP contribution in [0.5, 0.6) is 0 Å². The van der Waals surface area contributed by atoms with E-state index in [0.717, 1.165) is 14.9 Å². The largest absolute Gasteiger partial charge is 0.342 e. The molecule has 0 saturated carbocycles. The number of thiophene rings is 1. The first kappa shape index (κ1) is 16.7. The lowest BCUT2D eigenvalue weighted by Crippen LogP contribution is -2.37. The van der Waals surface area contributed by atoms with Crippen molar-refractivity contribution in [1.29, 1.82) is 0 Å². The number of hydrogen-bond donors (Lipinski definition) is 1. The molecule has 0 atom stereocenters. The molecule has 0 radical (unpaired) electrons. The summed E-state index contributed by atoms with van der Waals surface area (Å²) in [5, 5.41) is 2.66. The van der Waals surface area contributed by atoms with Gasteiger partial charge in [0.2, 0.25) is 5.91 Å². The number of benzene rings is 1. The van der Waals surface area contributed by atoms with Gasteiger partial charge in [0.05, 0.1) is 11.4 Å². The lowest BCUT2D eigenvalue weighted by molar-refractivity contribution is -0.129. The highest BCUT2D eigenvalue weighted by Gasteiger charge is 2.13. The average molecular weight is 381 g/mol. The number of carbonyl (C=O) groups excluding carboxylic acids is 2. The Hall–Kier alpha value is -1.66. The van der Waals surface area contributed by atoms with Crippen molar-refractivity contribution in [1.82, 2.24) is 10.2 Å². The van der Waals surface area contributed by atoms with Gasteiger partial charge in [0.25, 0.3) is 5.91 Å². The normalized spacial score (nSPS) is 10.3. The van der Waals surface area contributed by atoms with E-state index < -0.39 is 0 Å². The van der Waals surface area contributed by atoms with Crippen molar-refractivity contribution in [2.24, 2.45) is 0 Å². The van der Waals surface area contributed by atoms with Crippen LogP contribution in [0.2, 0.25) is 0 Å². The number of hydrogen-bond acceptors (Lipinski definition) is 3. The minimum atomic E-state index is -0.208. The Kier molecular flexibility index (Phi) is 5.74. The van der Waals surface area contributed by atoms with E-state index >= 15 is 0 Å². The van der Waals surface area contributed by atoms with E-state index in [1.165, 1.54) is 11.3 Å². The van der Waals surface area contributed by atoms with Crippen molar-refractivity contribution in [3.8, 4) is 0 Å². The standard InChI is InChI=1S/C16H17BrN2O2S/c1-11-7-8-14(22-11)16(21)18-9-15(20)19(2)10-12-5-3-4-6-13(12)17/h3-8H,9-10H2,1-2H3,(H,18,21). The lowest BCUT2D eigenvalue weighted by Gasteiger charge is -2.18. The minimum Gasteiger partial charge on any atom is -0.342 e. The van der Waals surface area contributed by atoms with Gasteiger partial charge in [-0.3, -0.25) is 9.59 Å². The highest BCUT2D eigenvalue weighted by atomic mass is 79.9. The summed E-state index contributed by atoms with van der Waals surface area (Å²) >= 11 is 4.88. The third-order valence-corrected chi connectivity index (χ3v) is 4.93. The van der Waals surface area contributed by atoms with E-state index in [1.807, 2.05) is 37.3 Å². The minimum absolute atomic E-state index is 0.00324. The summed E-state index contributed by atoms with van der Waals surface area (Å²) in [5.41, 5.74) is 1.03. The van der Waals surface area contributed by atoms with Crippen molar-refractivity contribution >= 4 is 39.1 Å². The Morgan fingerprint density at radius 2 is 1.95 bits per heavy atom. The summed E-state index contributed by atoms with van der Waals surface area (Å²) in [6.45, 7) is 2.43. The van der Waals surface area contributed by atoms with Gasteiger partial charge in [-0.05, 0) is 30.7 Å². The first-order valence-corrected chi connectivity index (χ1v) is 8.40. The maximum Gasteiger partial charge on any atom is 0.261 e. The van der Waals surface area contributed by atoms with Gasteiger partial charge >= 0.3 is 0 Å². The van der Waals surface area contributed by atoms with Crippen LogP contribution in [-0.2, 0) is 11.3 Å². The molecule has 0 unspecified atom stereocenters. The molecule has 0 aliphatic carbocycles. The van der Waals surface area contributed by atoms with E-state index in [2.05, 4.69) is 21.2 Å². The molecule has 4 nitrogen and oxygen atoms in total.